The maximum atomic E-state index is 12.9. The van der Waals surface area contributed by atoms with Crippen LogP contribution < -0.4 is 10.6 Å². The quantitative estimate of drug-likeness (QED) is 0.726. The predicted molar refractivity (Wildman–Crippen MR) is 93.4 cm³/mol. The van der Waals surface area contributed by atoms with Crippen molar-refractivity contribution in [3.63, 3.8) is 0 Å². The summed E-state index contributed by atoms with van der Waals surface area (Å²) in [5.41, 5.74) is 2.20. The van der Waals surface area contributed by atoms with Gasteiger partial charge in [-0.3, -0.25) is 4.79 Å². The summed E-state index contributed by atoms with van der Waals surface area (Å²) in [6, 6.07) is 17.5. The summed E-state index contributed by atoms with van der Waals surface area (Å²) in [5, 5.41) is 5.92. The number of amides is 1. The van der Waals surface area contributed by atoms with Crippen LogP contribution in [0.25, 0.3) is 0 Å². The third-order valence-electron chi connectivity index (χ3n) is 3.58. The molecule has 2 aromatic carbocycles. The van der Waals surface area contributed by atoms with E-state index in [1.807, 2.05) is 30.3 Å². The molecule has 0 radical (unpaired) electrons. The van der Waals surface area contributed by atoms with Crippen molar-refractivity contribution >= 4 is 11.7 Å². The maximum absolute atomic E-state index is 12.9. The van der Waals surface area contributed by atoms with Crippen molar-refractivity contribution in [2.24, 2.45) is 0 Å². The molecule has 1 heterocycles. The van der Waals surface area contributed by atoms with Crippen molar-refractivity contribution in [1.29, 1.82) is 0 Å². The molecule has 0 saturated heterocycles. The highest BCUT2D eigenvalue weighted by molar-refractivity contribution is 5.92. The minimum absolute atomic E-state index is 0.271. The average Bonchev–Trinajstić information content (AvgIpc) is 2.67. The lowest BCUT2D eigenvalue weighted by molar-refractivity contribution is 0.0946. The van der Waals surface area contributed by atoms with Crippen molar-refractivity contribution < 1.29 is 9.18 Å². The van der Waals surface area contributed by atoms with Crippen molar-refractivity contribution in [2.75, 3.05) is 5.32 Å². The third kappa shape index (κ3) is 4.84. The number of aromatic nitrogens is 2. The zero-order valence-corrected chi connectivity index (χ0v) is 13.4. The van der Waals surface area contributed by atoms with Crippen LogP contribution in [-0.4, -0.2) is 15.9 Å². The molecule has 0 unspecified atom stereocenters. The Bertz CT molecular complexity index is 838. The molecule has 0 aliphatic carbocycles. The summed E-state index contributed by atoms with van der Waals surface area (Å²) >= 11 is 0. The van der Waals surface area contributed by atoms with Crippen LogP contribution in [0.15, 0.2) is 67.0 Å². The molecule has 6 heteroatoms. The number of hydrogen-bond donors (Lipinski definition) is 2. The molecule has 0 spiro atoms. The molecular formula is C19H17FN4O. The molecular weight excluding hydrogens is 319 g/mol. The van der Waals surface area contributed by atoms with E-state index in [0.29, 0.717) is 18.9 Å². The first-order valence-electron chi connectivity index (χ1n) is 7.83. The summed E-state index contributed by atoms with van der Waals surface area (Å²) in [4.78, 5) is 20.3. The summed E-state index contributed by atoms with van der Waals surface area (Å²) in [6.07, 6.45) is 1.35. The van der Waals surface area contributed by atoms with Gasteiger partial charge in [-0.25, -0.2) is 14.4 Å². The average molecular weight is 336 g/mol. The highest BCUT2D eigenvalue weighted by atomic mass is 19.1. The lowest BCUT2D eigenvalue weighted by atomic mass is 10.2. The van der Waals surface area contributed by atoms with Crippen molar-refractivity contribution in [1.82, 2.24) is 15.3 Å². The fourth-order valence-electron chi connectivity index (χ4n) is 2.24. The van der Waals surface area contributed by atoms with Gasteiger partial charge in [-0.05, 0) is 23.3 Å². The fraction of sp³-hybridized carbons (Fsp3) is 0.105. The van der Waals surface area contributed by atoms with Gasteiger partial charge in [0.2, 0.25) is 0 Å². The molecule has 2 N–H and O–H groups in total. The number of carbonyl (C=O) groups is 1. The lowest BCUT2D eigenvalue weighted by Crippen LogP contribution is -2.24. The van der Waals surface area contributed by atoms with E-state index in [2.05, 4.69) is 20.6 Å². The van der Waals surface area contributed by atoms with E-state index in [-0.39, 0.29) is 17.4 Å². The second kappa shape index (κ2) is 8.01. The van der Waals surface area contributed by atoms with Gasteiger partial charge in [0.1, 0.15) is 23.7 Å². The minimum atomic E-state index is -0.311. The Balaban J connectivity index is 1.58. The monoisotopic (exact) mass is 336 g/mol. The van der Waals surface area contributed by atoms with E-state index >= 15 is 0 Å². The smallest absolute Gasteiger partial charge is 0.270 e. The van der Waals surface area contributed by atoms with Gasteiger partial charge in [0.25, 0.3) is 5.91 Å². The molecule has 0 atom stereocenters. The van der Waals surface area contributed by atoms with Crippen LogP contribution in [0, 0.1) is 5.82 Å². The molecule has 0 aliphatic heterocycles. The number of nitrogens with zero attached hydrogens (tertiary/aromatic N) is 2. The Kier molecular flexibility index (Phi) is 5.31. The first-order chi connectivity index (χ1) is 12.2. The highest BCUT2D eigenvalue weighted by Crippen LogP contribution is 2.08. The first kappa shape index (κ1) is 16.6. The van der Waals surface area contributed by atoms with Crippen LogP contribution >= 0.6 is 0 Å². The summed E-state index contributed by atoms with van der Waals surface area (Å²) in [5.74, 6) is -0.0414. The van der Waals surface area contributed by atoms with Crippen molar-refractivity contribution in [2.45, 2.75) is 13.1 Å². The molecule has 0 saturated carbocycles. The van der Waals surface area contributed by atoms with Crippen molar-refractivity contribution in [3.8, 4) is 0 Å². The van der Waals surface area contributed by atoms with Crippen LogP contribution in [-0.2, 0) is 13.1 Å². The third-order valence-corrected chi connectivity index (χ3v) is 3.58. The molecule has 5 nitrogen and oxygen atoms in total. The fourth-order valence-corrected chi connectivity index (χ4v) is 2.24. The number of hydrogen-bond acceptors (Lipinski definition) is 4. The Morgan fingerprint density at radius 1 is 0.920 bits per heavy atom. The second-order valence-corrected chi connectivity index (χ2v) is 5.44. The molecule has 1 aromatic heterocycles. The molecule has 0 fully saturated rings. The summed E-state index contributed by atoms with van der Waals surface area (Å²) in [6.45, 7) is 0.907. The van der Waals surface area contributed by atoms with E-state index < -0.39 is 0 Å². The molecule has 25 heavy (non-hydrogen) atoms. The number of benzene rings is 2. The highest BCUT2D eigenvalue weighted by Gasteiger charge is 2.08. The van der Waals surface area contributed by atoms with Gasteiger partial charge in [0, 0.05) is 19.2 Å². The number of carbonyl (C=O) groups excluding carboxylic acids is 1. The van der Waals surface area contributed by atoms with Gasteiger partial charge < -0.3 is 10.6 Å². The van der Waals surface area contributed by atoms with Crippen LogP contribution in [0.1, 0.15) is 21.6 Å². The Hall–Kier alpha value is -3.28. The summed E-state index contributed by atoms with van der Waals surface area (Å²) in [7, 11) is 0. The first-order valence-corrected chi connectivity index (χ1v) is 7.83. The Labute approximate surface area is 145 Å². The van der Waals surface area contributed by atoms with Crippen LogP contribution in [0.4, 0.5) is 10.2 Å². The van der Waals surface area contributed by atoms with Gasteiger partial charge in [-0.2, -0.15) is 0 Å². The van der Waals surface area contributed by atoms with Gasteiger partial charge in [-0.1, -0.05) is 42.5 Å². The van der Waals surface area contributed by atoms with E-state index in [1.165, 1.54) is 18.5 Å². The Morgan fingerprint density at radius 2 is 1.64 bits per heavy atom. The largest absolute Gasteiger partial charge is 0.366 e. The van der Waals surface area contributed by atoms with E-state index in [9.17, 15) is 9.18 Å². The lowest BCUT2D eigenvalue weighted by Gasteiger charge is -2.08. The molecule has 3 rings (SSSR count). The van der Waals surface area contributed by atoms with E-state index in [1.54, 1.807) is 18.2 Å². The van der Waals surface area contributed by atoms with Crippen LogP contribution in [0.3, 0.4) is 0 Å². The summed E-state index contributed by atoms with van der Waals surface area (Å²) < 4.78 is 12.9. The Morgan fingerprint density at radius 3 is 2.40 bits per heavy atom. The zero-order chi connectivity index (χ0) is 17.5. The molecule has 126 valence electrons. The van der Waals surface area contributed by atoms with Crippen LogP contribution in [0.5, 0.6) is 0 Å². The SMILES string of the molecule is O=C(NCc1ccc(F)cc1)c1cc(NCc2ccccc2)ncn1. The maximum Gasteiger partial charge on any atom is 0.270 e. The van der Waals surface area contributed by atoms with Gasteiger partial charge in [0.15, 0.2) is 0 Å². The van der Waals surface area contributed by atoms with Gasteiger partial charge in [-0.15, -0.1) is 0 Å². The predicted octanol–water partition coefficient (Wildman–Crippen LogP) is 3.16. The van der Waals surface area contributed by atoms with E-state index in [4.69, 9.17) is 0 Å². The number of rotatable bonds is 6. The standard InChI is InChI=1S/C19H17FN4O/c20-16-8-6-15(7-9-16)12-22-19(25)17-10-18(24-13-23-17)21-11-14-4-2-1-3-5-14/h1-10,13H,11-12H2,(H,22,25)(H,21,23,24). The minimum Gasteiger partial charge on any atom is -0.366 e. The number of halogens is 1. The van der Waals surface area contributed by atoms with E-state index in [0.717, 1.165) is 11.1 Å². The topological polar surface area (TPSA) is 66.9 Å². The van der Waals surface area contributed by atoms with Crippen LogP contribution in [0.2, 0.25) is 0 Å². The van der Waals surface area contributed by atoms with Gasteiger partial charge >= 0.3 is 0 Å². The molecule has 0 bridgehead atoms. The molecule has 1 amide bonds. The molecule has 0 aliphatic rings. The normalized spacial score (nSPS) is 10.3. The van der Waals surface area contributed by atoms with Gasteiger partial charge in [0.05, 0.1) is 0 Å². The number of nitrogens with one attached hydrogen (secondary N) is 2. The number of anilines is 1. The second-order valence-electron chi connectivity index (χ2n) is 5.44. The van der Waals surface area contributed by atoms with Crippen molar-refractivity contribution in [3.05, 3.63) is 89.6 Å². The molecule has 3 aromatic rings. The zero-order valence-electron chi connectivity index (χ0n) is 13.4.